The highest BCUT2D eigenvalue weighted by Gasteiger charge is 2.34. The molecular weight excluding hydrogens is 518 g/mol. The lowest BCUT2D eigenvalue weighted by molar-refractivity contribution is -0.146. The maximum atomic E-state index is 12.9. The summed E-state index contributed by atoms with van der Waals surface area (Å²) in [4.78, 5) is 57.5. The molecule has 1 saturated heterocycles. The first-order valence-electron chi connectivity index (χ1n) is 12.8. The van der Waals surface area contributed by atoms with Crippen molar-refractivity contribution in [1.29, 1.82) is 0 Å². The highest BCUT2D eigenvalue weighted by atomic mass is 16.7. The first-order valence-corrected chi connectivity index (χ1v) is 12.8. The summed E-state index contributed by atoms with van der Waals surface area (Å²) in [6.07, 6.45) is -0.327. The van der Waals surface area contributed by atoms with Crippen molar-refractivity contribution in [3.8, 4) is 0 Å². The van der Waals surface area contributed by atoms with Crippen LogP contribution < -0.4 is 26.6 Å². The number of amidine groups is 1. The molecule has 4 amide bonds. The molecule has 2 aromatic rings. The summed E-state index contributed by atoms with van der Waals surface area (Å²) in [6, 6.07) is 13.5. The van der Waals surface area contributed by atoms with Crippen molar-refractivity contribution in [2.24, 2.45) is 10.9 Å². The van der Waals surface area contributed by atoms with Crippen LogP contribution >= 0.6 is 0 Å². The van der Waals surface area contributed by atoms with Crippen molar-refractivity contribution in [2.75, 3.05) is 38.6 Å². The minimum absolute atomic E-state index is 0.00492. The maximum absolute atomic E-state index is 12.9. The number of likely N-dealkylation sites (N-methyl/N-ethyl adjacent to an activating group) is 1. The summed E-state index contributed by atoms with van der Waals surface area (Å²) < 4.78 is 5.23. The van der Waals surface area contributed by atoms with Gasteiger partial charge in [0.15, 0.2) is 5.84 Å². The summed E-state index contributed by atoms with van der Waals surface area (Å²) in [6.45, 7) is 3.04. The van der Waals surface area contributed by atoms with Crippen LogP contribution in [0.1, 0.15) is 24.5 Å². The molecule has 0 bridgehead atoms. The number of ether oxygens (including phenoxy) is 1. The number of anilines is 1. The Morgan fingerprint density at radius 1 is 1.12 bits per heavy atom. The average molecular weight is 554 g/mol. The fourth-order valence-electron chi connectivity index (χ4n) is 3.75. The molecule has 1 aliphatic heterocycles. The van der Waals surface area contributed by atoms with Gasteiger partial charge in [-0.3, -0.25) is 9.63 Å². The van der Waals surface area contributed by atoms with Crippen molar-refractivity contribution < 1.29 is 28.8 Å². The van der Waals surface area contributed by atoms with E-state index in [1.54, 1.807) is 24.3 Å². The molecule has 5 N–H and O–H groups in total. The third-order valence-corrected chi connectivity index (χ3v) is 5.97. The number of hydrogen-bond donors (Lipinski definition) is 4. The van der Waals surface area contributed by atoms with Crippen molar-refractivity contribution in [2.45, 2.75) is 32.0 Å². The lowest BCUT2D eigenvalue weighted by Crippen LogP contribution is -2.50. The summed E-state index contributed by atoms with van der Waals surface area (Å²) in [5.41, 5.74) is 7.84. The highest BCUT2D eigenvalue weighted by Crippen LogP contribution is 2.22. The smallest absolute Gasteiger partial charge is 0.433 e. The first kappa shape index (κ1) is 29.9. The zero-order chi connectivity index (χ0) is 29.1. The zero-order valence-corrected chi connectivity index (χ0v) is 22.8. The molecule has 0 unspecified atom stereocenters. The van der Waals surface area contributed by atoms with E-state index in [1.165, 1.54) is 11.8 Å². The molecule has 0 aromatic heterocycles. The number of benzene rings is 2. The standard InChI is InChI=1S/C27H35N7O6/c1-18(25(36)39-17-19-7-5-4-6-8-19)30-26(37)31-22-13-15-34(24(22)35)21-11-9-20(10-12-21)23(28)32-40-27(38)29-14-16-33(2)3/h4-12,18,22H,13-17H2,1-3H3,(H2,28,32)(H,29,38)(H2,30,31,37)/t18-,22+/m1/s1. The van der Waals surface area contributed by atoms with E-state index in [0.29, 0.717) is 37.3 Å². The van der Waals surface area contributed by atoms with Crippen LogP contribution in [-0.2, 0) is 25.8 Å². The molecule has 0 aliphatic carbocycles. The van der Waals surface area contributed by atoms with E-state index in [0.717, 1.165) is 5.56 Å². The van der Waals surface area contributed by atoms with Crippen LogP contribution in [0, 0.1) is 0 Å². The van der Waals surface area contributed by atoms with Gasteiger partial charge in [-0.2, -0.15) is 0 Å². The van der Waals surface area contributed by atoms with Crippen molar-refractivity contribution in [3.05, 3.63) is 65.7 Å². The van der Waals surface area contributed by atoms with Gasteiger partial charge < -0.3 is 36.2 Å². The van der Waals surface area contributed by atoms with E-state index in [-0.39, 0.29) is 18.3 Å². The Kier molecular flexibility index (Phi) is 10.8. The fourth-order valence-corrected chi connectivity index (χ4v) is 3.75. The van der Waals surface area contributed by atoms with Gasteiger partial charge in [0, 0.05) is 30.9 Å². The molecule has 13 heteroatoms. The van der Waals surface area contributed by atoms with Gasteiger partial charge in [0.25, 0.3) is 0 Å². The van der Waals surface area contributed by atoms with Gasteiger partial charge in [0.2, 0.25) is 5.91 Å². The van der Waals surface area contributed by atoms with Crippen LogP contribution in [0.15, 0.2) is 59.8 Å². The topological polar surface area (TPSA) is 168 Å². The third kappa shape index (κ3) is 8.98. The van der Waals surface area contributed by atoms with Crippen LogP contribution in [-0.4, -0.2) is 80.5 Å². The van der Waals surface area contributed by atoms with Crippen molar-refractivity contribution >= 4 is 35.5 Å². The van der Waals surface area contributed by atoms with E-state index in [1.807, 2.05) is 49.3 Å². The lowest BCUT2D eigenvalue weighted by Gasteiger charge is -2.19. The normalized spacial score (nSPS) is 15.9. The van der Waals surface area contributed by atoms with Gasteiger partial charge in [0.1, 0.15) is 18.7 Å². The molecule has 3 rings (SSSR count). The van der Waals surface area contributed by atoms with E-state index in [9.17, 15) is 19.2 Å². The Hall–Kier alpha value is -4.65. The summed E-state index contributed by atoms with van der Waals surface area (Å²) in [5.74, 6) is -0.882. The largest absolute Gasteiger partial charge is 0.459 e. The van der Waals surface area contributed by atoms with Gasteiger partial charge in [-0.05, 0) is 57.3 Å². The van der Waals surface area contributed by atoms with Crippen molar-refractivity contribution in [1.82, 2.24) is 20.9 Å². The molecular formula is C27H35N7O6. The molecule has 0 saturated carbocycles. The molecule has 2 aromatic carbocycles. The minimum Gasteiger partial charge on any atom is -0.459 e. The molecule has 0 radical (unpaired) electrons. The molecule has 1 fully saturated rings. The second-order valence-corrected chi connectivity index (χ2v) is 9.40. The second kappa shape index (κ2) is 14.5. The SMILES string of the molecule is C[C@@H](NC(=O)N[C@H]1CCN(c2ccc(C(N)=NOC(=O)NCCN(C)C)cc2)C1=O)C(=O)OCc1ccccc1. The molecule has 40 heavy (non-hydrogen) atoms. The quantitative estimate of drug-likeness (QED) is 0.106. The highest BCUT2D eigenvalue weighted by molar-refractivity contribution is 6.02. The number of carbonyl (C=O) groups is 4. The first-order chi connectivity index (χ1) is 19.1. The Bertz CT molecular complexity index is 1200. The molecule has 1 heterocycles. The minimum atomic E-state index is -0.899. The summed E-state index contributed by atoms with van der Waals surface area (Å²) in [7, 11) is 3.76. The lowest BCUT2D eigenvalue weighted by atomic mass is 10.2. The zero-order valence-electron chi connectivity index (χ0n) is 22.8. The van der Waals surface area contributed by atoms with E-state index in [2.05, 4.69) is 21.1 Å². The van der Waals surface area contributed by atoms with Crippen LogP contribution in [0.25, 0.3) is 0 Å². The maximum Gasteiger partial charge on any atom is 0.433 e. The molecule has 1 aliphatic rings. The van der Waals surface area contributed by atoms with Gasteiger partial charge in [-0.15, -0.1) is 0 Å². The fraction of sp³-hybridized carbons (Fsp3) is 0.370. The van der Waals surface area contributed by atoms with E-state index < -0.39 is 30.2 Å². The van der Waals surface area contributed by atoms with Gasteiger partial charge in [-0.1, -0.05) is 35.5 Å². The van der Waals surface area contributed by atoms with Crippen LogP contribution in [0.2, 0.25) is 0 Å². The number of urea groups is 1. The number of hydrogen-bond acceptors (Lipinski definition) is 8. The molecule has 214 valence electrons. The van der Waals surface area contributed by atoms with Crippen molar-refractivity contribution in [3.63, 3.8) is 0 Å². The van der Waals surface area contributed by atoms with Crippen LogP contribution in [0.3, 0.4) is 0 Å². The number of nitrogens with one attached hydrogen (secondary N) is 3. The number of esters is 1. The number of oxime groups is 1. The molecule has 2 atom stereocenters. The Morgan fingerprint density at radius 2 is 1.82 bits per heavy atom. The Labute approximate surface area is 232 Å². The van der Waals surface area contributed by atoms with Gasteiger partial charge in [0.05, 0.1) is 0 Å². The predicted molar refractivity (Wildman–Crippen MR) is 148 cm³/mol. The number of carbonyl (C=O) groups excluding carboxylic acids is 4. The second-order valence-electron chi connectivity index (χ2n) is 9.40. The number of nitrogens with zero attached hydrogens (tertiary/aromatic N) is 3. The molecule has 0 spiro atoms. The van der Waals surface area contributed by atoms with Gasteiger partial charge >= 0.3 is 18.1 Å². The monoisotopic (exact) mass is 553 g/mol. The molecule has 13 nitrogen and oxygen atoms in total. The van der Waals surface area contributed by atoms with Crippen LogP contribution in [0.5, 0.6) is 0 Å². The predicted octanol–water partition coefficient (Wildman–Crippen LogP) is 1.13. The number of amides is 4. The average Bonchev–Trinajstić information content (AvgIpc) is 3.30. The number of rotatable bonds is 11. The number of nitrogens with two attached hydrogens (primary N) is 1. The van der Waals surface area contributed by atoms with Crippen LogP contribution in [0.4, 0.5) is 15.3 Å². The summed E-state index contributed by atoms with van der Waals surface area (Å²) in [5, 5.41) is 11.3. The van der Waals surface area contributed by atoms with Gasteiger partial charge in [-0.25, -0.2) is 14.4 Å². The summed E-state index contributed by atoms with van der Waals surface area (Å²) >= 11 is 0. The Balaban J connectivity index is 1.45. The Morgan fingerprint density at radius 3 is 2.50 bits per heavy atom. The third-order valence-electron chi connectivity index (χ3n) is 5.97. The van der Waals surface area contributed by atoms with E-state index in [4.69, 9.17) is 15.3 Å². The van der Waals surface area contributed by atoms with E-state index >= 15 is 0 Å².